The van der Waals surface area contributed by atoms with Gasteiger partial charge in [-0.2, -0.15) is 0 Å². The minimum absolute atomic E-state index is 0.181. The standard InChI is InChI=1S/C12H15FN2/c1-9(15-8-2-3-12(15)14)10-4-6-11(13)7-5-10/h4-7,9,14H,2-3,8H2,1H3. The molecule has 15 heavy (non-hydrogen) atoms. The molecule has 0 bridgehead atoms. The molecule has 1 N–H and O–H groups in total. The van der Waals surface area contributed by atoms with Crippen molar-refractivity contribution in [3.8, 4) is 0 Å². The van der Waals surface area contributed by atoms with Crippen molar-refractivity contribution >= 4 is 5.84 Å². The first-order valence-electron chi connectivity index (χ1n) is 5.28. The Kier molecular flexibility index (Phi) is 2.71. The highest BCUT2D eigenvalue weighted by molar-refractivity contribution is 5.81. The molecule has 1 fully saturated rings. The Labute approximate surface area is 89.2 Å². The van der Waals surface area contributed by atoms with Crippen LogP contribution in [0.3, 0.4) is 0 Å². The number of rotatable bonds is 2. The number of halogens is 1. The molecule has 1 aromatic carbocycles. The molecule has 0 aliphatic carbocycles. The van der Waals surface area contributed by atoms with Crippen LogP contribution in [-0.4, -0.2) is 17.3 Å². The summed E-state index contributed by atoms with van der Waals surface area (Å²) in [5.41, 5.74) is 1.07. The lowest BCUT2D eigenvalue weighted by atomic mass is 10.1. The Morgan fingerprint density at radius 3 is 2.53 bits per heavy atom. The van der Waals surface area contributed by atoms with Gasteiger partial charge in [-0.05, 0) is 31.0 Å². The quantitative estimate of drug-likeness (QED) is 0.791. The van der Waals surface area contributed by atoms with E-state index >= 15 is 0 Å². The normalized spacial score (nSPS) is 18.3. The zero-order valence-electron chi connectivity index (χ0n) is 8.83. The number of hydrogen-bond donors (Lipinski definition) is 1. The molecule has 1 aliphatic rings. The summed E-state index contributed by atoms with van der Waals surface area (Å²) in [4.78, 5) is 2.08. The molecular formula is C12H15FN2. The number of amidine groups is 1. The molecule has 2 nitrogen and oxygen atoms in total. The van der Waals surface area contributed by atoms with Gasteiger partial charge in [0, 0.05) is 13.0 Å². The van der Waals surface area contributed by atoms with Gasteiger partial charge in [0.1, 0.15) is 5.82 Å². The van der Waals surface area contributed by atoms with Gasteiger partial charge in [-0.25, -0.2) is 4.39 Å². The van der Waals surface area contributed by atoms with Crippen LogP contribution in [0.2, 0.25) is 0 Å². The van der Waals surface area contributed by atoms with Crippen LogP contribution in [0.25, 0.3) is 0 Å². The smallest absolute Gasteiger partial charge is 0.123 e. The number of benzene rings is 1. The lowest BCUT2D eigenvalue weighted by Crippen LogP contribution is -2.27. The number of hydrogen-bond acceptors (Lipinski definition) is 1. The van der Waals surface area contributed by atoms with Crippen molar-refractivity contribution in [2.45, 2.75) is 25.8 Å². The topological polar surface area (TPSA) is 27.1 Å². The SMILES string of the molecule is CC(c1ccc(F)cc1)N1CCCC1=N. The van der Waals surface area contributed by atoms with Gasteiger partial charge < -0.3 is 4.90 Å². The van der Waals surface area contributed by atoms with Crippen molar-refractivity contribution in [1.82, 2.24) is 4.90 Å². The van der Waals surface area contributed by atoms with Crippen molar-refractivity contribution in [3.05, 3.63) is 35.6 Å². The van der Waals surface area contributed by atoms with Crippen molar-refractivity contribution in [1.29, 1.82) is 5.41 Å². The maximum Gasteiger partial charge on any atom is 0.123 e. The second-order valence-electron chi connectivity index (χ2n) is 3.97. The summed E-state index contributed by atoms with van der Waals surface area (Å²) in [6.07, 6.45) is 1.93. The highest BCUT2D eigenvalue weighted by atomic mass is 19.1. The van der Waals surface area contributed by atoms with E-state index in [4.69, 9.17) is 5.41 Å². The molecule has 0 spiro atoms. The van der Waals surface area contributed by atoms with Gasteiger partial charge >= 0.3 is 0 Å². The molecule has 0 amide bonds. The predicted octanol–water partition coefficient (Wildman–Crippen LogP) is 2.96. The molecule has 1 aliphatic heterocycles. The summed E-state index contributed by atoms with van der Waals surface area (Å²) in [6, 6.07) is 6.73. The van der Waals surface area contributed by atoms with E-state index in [1.807, 2.05) is 0 Å². The fourth-order valence-corrected chi connectivity index (χ4v) is 2.04. The van der Waals surface area contributed by atoms with Crippen LogP contribution in [0.1, 0.15) is 31.4 Å². The van der Waals surface area contributed by atoms with Crippen molar-refractivity contribution in [2.75, 3.05) is 6.54 Å². The third kappa shape index (κ3) is 2.01. The molecule has 1 aromatic rings. The van der Waals surface area contributed by atoms with Crippen molar-refractivity contribution in [3.63, 3.8) is 0 Å². The van der Waals surface area contributed by atoms with Gasteiger partial charge in [0.15, 0.2) is 0 Å². The van der Waals surface area contributed by atoms with Gasteiger partial charge in [0.05, 0.1) is 11.9 Å². The Morgan fingerprint density at radius 2 is 2.00 bits per heavy atom. The zero-order valence-corrected chi connectivity index (χ0v) is 8.83. The fourth-order valence-electron chi connectivity index (χ4n) is 2.04. The zero-order chi connectivity index (χ0) is 10.8. The van der Waals surface area contributed by atoms with Crippen LogP contribution in [-0.2, 0) is 0 Å². The Morgan fingerprint density at radius 1 is 1.33 bits per heavy atom. The van der Waals surface area contributed by atoms with Crippen molar-refractivity contribution < 1.29 is 4.39 Å². The molecule has 0 aromatic heterocycles. The molecule has 1 heterocycles. The van der Waals surface area contributed by atoms with Crippen LogP contribution in [0.5, 0.6) is 0 Å². The fraction of sp³-hybridized carbons (Fsp3) is 0.417. The molecule has 2 rings (SSSR count). The maximum absolute atomic E-state index is 12.7. The van der Waals surface area contributed by atoms with Crippen LogP contribution in [0.4, 0.5) is 4.39 Å². The first-order chi connectivity index (χ1) is 7.18. The number of nitrogens with zero attached hydrogens (tertiary/aromatic N) is 1. The summed E-state index contributed by atoms with van der Waals surface area (Å²) in [5, 5.41) is 7.78. The molecule has 0 saturated carbocycles. The average molecular weight is 206 g/mol. The van der Waals surface area contributed by atoms with Crippen molar-refractivity contribution in [2.24, 2.45) is 0 Å². The summed E-state index contributed by atoms with van der Waals surface area (Å²) >= 11 is 0. The molecule has 3 heteroatoms. The average Bonchev–Trinajstić information content (AvgIpc) is 2.65. The second-order valence-corrected chi connectivity index (χ2v) is 3.97. The molecule has 0 radical (unpaired) electrons. The first-order valence-corrected chi connectivity index (χ1v) is 5.28. The molecule has 80 valence electrons. The van der Waals surface area contributed by atoms with E-state index in [-0.39, 0.29) is 11.9 Å². The molecular weight excluding hydrogens is 191 g/mol. The third-order valence-electron chi connectivity index (χ3n) is 2.98. The Balaban J connectivity index is 2.16. The lowest BCUT2D eigenvalue weighted by molar-refractivity contribution is 0.362. The molecule has 1 saturated heterocycles. The van der Waals surface area contributed by atoms with Gasteiger partial charge in [-0.3, -0.25) is 5.41 Å². The van der Waals surface area contributed by atoms with E-state index in [2.05, 4.69) is 11.8 Å². The first kappa shape index (κ1) is 10.1. The molecule has 1 atom stereocenters. The van der Waals surface area contributed by atoms with E-state index in [1.54, 1.807) is 12.1 Å². The van der Waals surface area contributed by atoms with Crippen LogP contribution >= 0.6 is 0 Å². The highest BCUT2D eigenvalue weighted by Gasteiger charge is 2.22. The second kappa shape index (κ2) is 4.01. The van der Waals surface area contributed by atoms with Crippen LogP contribution in [0, 0.1) is 11.2 Å². The Hall–Kier alpha value is -1.38. The summed E-state index contributed by atoms with van der Waals surface area (Å²) < 4.78 is 12.7. The largest absolute Gasteiger partial charge is 0.354 e. The molecule has 1 unspecified atom stereocenters. The van der Waals surface area contributed by atoms with Gasteiger partial charge in [-0.15, -0.1) is 0 Å². The van der Waals surface area contributed by atoms with E-state index in [1.165, 1.54) is 12.1 Å². The summed E-state index contributed by atoms with van der Waals surface area (Å²) in [5.74, 6) is 0.495. The van der Waals surface area contributed by atoms with E-state index in [0.29, 0.717) is 5.84 Å². The minimum atomic E-state index is -0.206. The van der Waals surface area contributed by atoms with Gasteiger partial charge in [0.25, 0.3) is 0 Å². The van der Waals surface area contributed by atoms with Gasteiger partial charge in [0.2, 0.25) is 0 Å². The monoisotopic (exact) mass is 206 g/mol. The summed E-state index contributed by atoms with van der Waals surface area (Å²) in [6.45, 7) is 3.00. The highest BCUT2D eigenvalue weighted by Crippen LogP contribution is 2.25. The Bertz CT molecular complexity index is 358. The van der Waals surface area contributed by atoms with E-state index < -0.39 is 0 Å². The van der Waals surface area contributed by atoms with E-state index in [9.17, 15) is 4.39 Å². The van der Waals surface area contributed by atoms with Crippen LogP contribution in [0.15, 0.2) is 24.3 Å². The predicted molar refractivity (Wildman–Crippen MR) is 58.5 cm³/mol. The van der Waals surface area contributed by atoms with Gasteiger partial charge in [-0.1, -0.05) is 12.1 Å². The number of nitrogens with one attached hydrogen (secondary N) is 1. The van der Waals surface area contributed by atoms with E-state index in [0.717, 1.165) is 24.9 Å². The lowest BCUT2D eigenvalue weighted by Gasteiger charge is -2.26. The van der Waals surface area contributed by atoms with Crippen LogP contribution < -0.4 is 0 Å². The maximum atomic E-state index is 12.7. The third-order valence-corrected chi connectivity index (χ3v) is 2.98. The number of likely N-dealkylation sites (tertiary alicyclic amines) is 1. The summed E-state index contributed by atoms with van der Waals surface area (Å²) in [7, 11) is 0. The minimum Gasteiger partial charge on any atom is -0.354 e.